The third-order valence-electron chi connectivity index (χ3n) is 17.1. The number of nitrogens with one attached hydrogen (secondary N) is 3. The molecule has 3 aromatic carbocycles. The second-order valence-electron chi connectivity index (χ2n) is 21.8. The third-order valence-corrected chi connectivity index (χ3v) is 17.1. The third kappa shape index (κ3) is 9.76. The highest BCUT2D eigenvalue weighted by Gasteiger charge is 2.66. The number of azide groups is 1. The minimum atomic E-state index is -0.940. The Morgan fingerprint density at radius 2 is 1.52 bits per heavy atom. The van der Waals surface area contributed by atoms with Gasteiger partial charge in [-0.15, -0.1) is 0 Å². The van der Waals surface area contributed by atoms with Gasteiger partial charge in [-0.1, -0.05) is 105 Å². The normalized spacial score (nSPS) is 30.3. The van der Waals surface area contributed by atoms with E-state index in [0.717, 1.165) is 66.3 Å². The number of fused-ring (bicyclic) bond motifs is 8. The zero-order valence-corrected chi connectivity index (χ0v) is 40.3. The molecular formula is C54H70N6O7. The number of amides is 3. The van der Waals surface area contributed by atoms with Gasteiger partial charge in [0.05, 0.1) is 7.11 Å². The van der Waals surface area contributed by atoms with Gasteiger partial charge in [0.1, 0.15) is 18.2 Å². The molecule has 0 saturated heterocycles. The summed E-state index contributed by atoms with van der Waals surface area (Å²) in [6.45, 7) is 12.7. The fourth-order valence-electron chi connectivity index (χ4n) is 14.0. The number of carbonyl (C=O) groups excluding carboxylic acids is 4. The van der Waals surface area contributed by atoms with Crippen molar-refractivity contribution >= 4 is 24.1 Å². The van der Waals surface area contributed by atoms with Crippen LogP contribution < -0.4 is 16.0 Å². The Balaban J connectivity index is 1.11. The minimum Gasteiger partial charge on any atom is -0.469 e. The van der Waals surface area contributed by atoms with Crippen molar-refractivity contribution in [1.29, 1.82) is 0 Å². The molecule has 13 nitrogen and oxygen atoms in total. The molecule has 12 atom stereocenters. The molecule has 0 aliphatic heterocycles. The lowest BCUT2D eigenvalue weighted by molar-refractivity contribution is -0.150. The van der Waals surface area contributed by atoms with Crippen LogP contribution in [0.15, 0.2) is 84.0 Å². The highest BCUT2D eigenvalue weighted by atomic mass is 16.6. The number of esters is 1. The van der Waals surface area contributed by atoms with Crippen LogP contribution in [0.3, 0.4) is 0 Å². The van der Waals surface area contributed by atoms with Crippen LogP contribution in [-0.2, 0) is 30.2 Å². The SMILES string of the molecule is COC(=O)CC[C@@H](C)[C@H]1CC[C@H]2[C@@H]3[C@H](NC(=O)OC(C)(C)C)C[C@@H]4C[C@H](N=[N+]=[N-])CC[C@]4(C)[C@H]3C[C@H](NC(=O)[C@H](Cc3ccccc3)NC(=O)OCC3c4ccccc4-c4ccccc43)[C@]12C. The average Bonchev–Trinajstić information content (AvgIpc) is 3.82. The van der Waals surface area contributed by atoms with Crippen molar-refractivity contribution in [3.05, 3.63) is 106 Å². The molecule has 3 aromatic rings. The quantitative estimate of drug-likeness (QED) is 0.0501. The first-order chi connectivity index (χ1) is 32.0. The fraction of sp³-hybridized carbons (Fsp3) is 0.593. The summed E-state index contributed by atoms with van der Waals surface area (Å²) in [7, 11) is 1.42. The molecule has 67 heavy (non-hydrogen) atoms. The van der Waals surface area contributed by atoms with E-state index in [1.807, 2.05) is 75.4 Å². The summed E-state index contributed by atoms with van der Waals surface area (Å²) in [5.41, 5.74) is 13.6. The Morgan fingerprint density at radius 3 is 2.18 bits per heavy atom. The van der Waals surface area contributed by atoms with Gasteiger partial charge < -0.3 is 30.2 Å². The minimum absolute atomic E-state index is 0.0832. The molecule has 5 aliphatic carbocycles. The predicted molar refractivity (Wildman–Crippen MR) is 257 cm³/mol. The van der Waals surface area contributed by atoms with Gasteiger partial charge in [-0.2, -0.15) is 0 Å². The predicted octanol–water partition coefficient (Wildman–Crippen LogP) is 10.7. The van der Waals surface area contributed by atoms with Crippen LogP contribution in [0, 0.1) is 46.3 Å². The molecule has 358 valence electrons. The topological polar surface area (TPSA) is 181 Å². The molecule has 4 saturated carbocycles. The second-order valence-corrected chi connectivity index (χ2v) is 21.8. The van der Waals surface area contributed by atoms with Crippen molar-refractivity contribution in [3.8, 4) is 11.1 Å². The van der Waals surface area contributed by atoms with Crippen molar-refractivity contribution in [2.45, 2.75) is 141 Å². The Labute approximate surface area is 395 Å². The lowest BCUT2D eigenvalue weighted by atomic mass is 9.42. The molecule has 0 unspecified atom stereocenters. The Bertz CT molecular complexity index is 2300. The molecule has 13 heteroatoms. The Kier molecular flexibility index (Phi) is 14.0. The van der Waals surface area contributed by atoms with E-state index in [4.69, 9.17) is 14.2 Å². The van der Waals surface area contributed by atoms with Gasteiger partial charge in [0, 0.05) is 41.8 Å². The van der Waals surface area contributed by atoms with Crippen molar-refractivity contribution in [1.82, 2.24) is 16.0 Å². The monoisotopic (exact) mass is 915 g/mol. The van der Waals surface area contributed by atoms with Gasteiger partial charge in [0.15, 0.2) is 0 Å². The molecule has 4 fully saturated rings. The number of ether oxygens (including phenoxy) is 3. The fourth-order valence-corrected chi connectivity index (χ4v) is 14.0. The standard InChI is InChI=1S/C54H70N6O7/c1-32(21-24-47(61)65-7)41-22-23-42-48-43(53(5)26-25-35(59-60-55)28-34(53)29-44(48)56-51(64)67-52(2,3)4)30-46(54(41,42)6)58-49(62)45(27-33-15-9-8-10-16-33)57-50(63)66-31-40-38-19-13-11-17-36(38)37-18-12-14-20-39(37)40/h8-20,32,34-35,40-46,48H,21-31H2,1-7H3,(H,56,64)(H,57,63)(H,58,62)/t32-,34+,35-,41-,42+,43+,44-,45+,46+,48+,53+,54-/m1/s1. The number of hydrogen-bond donors (Lipinski definition) is 3. The molecule has 5 aliphatic rings. The van der Waals surface area contributed by atoms with Crippen LogP contribution in [0.1, 0.15) is 122 Å². The summed E-state index contributed by atoms with van der Waals surface area (Å²) in [5, 5.41) is 14.2. The van der Waals surface area contributed by atoms with Gasteiger partial charge >= 0.3 is 18.2 Å². The molecule has 0 bridgehead atoms. The smallest absolute Gasteiger partial charge is 0.407 e. The molecule has 8 rings (SSSR count). The Hall–Kier alpha value is -5.55. The van der Waals surface area contributed by atoms with Crippen LogP contribution in [0.4, 0.5) is 9.59 Å². The van der Waals surface area contributed by atoms with Crippen LogP contribution in [-0.4, -0.2) is 67.5 Å². The summed E-state index contributed by atoms with van der Waals surface area (Å²) < 4.78 is 17.0. The molecule has 0 spiro atoms. The van der Waals surface area contributed by atoms with E-state index in [9.17, 15) is 19.9 Å². The maximum atomic E-state index is 15.2. The summed E-state index contributed by atoms with van der Waals surface area (Å²) in [4.78, 5) is 58.7. The number of hydrogen-bond acceptors (Lipinski definition) is 8. The lowest BCUT2D eigenvalue weighted by Crippen LogP contribution is -2.68. The zero-order valence-electron chi connectivity index (χ0n) is 40.3. The van der Waals surface area contributed by atoms with Crippen molar-refractivity contribution in [2.24, 2.45) is 51.5 Å². The summed E-state index contributed by atoms with van der Waals surface area (Å²) in [6.07, 6.45) is 5.69. The summed E-state index contributed by atoms with van der Waals surface area (Å²) in [5.74, 6) is 0.0794. The number of nitrogens with zero attached hydrogens (tertiary/aromatic N) is 3. The molecule has 0 aromatic heterocycles. The van der Waals surface area contributed by atoms with Crippen LogP contribution in [0.25, 0.3) is 21.6 Å². The van der Waals surface area contributed by atoms with E-state index in [-0.39, 0.29) is 89.9 Å². The largest absolute Gasteiger partial charge is 0.469 e. The number of rotatable bonds is 13. The maximum absolute atomic E-state index is 15.2. The van der Waals surface area contributed by atoms with E-state index >= 15 is 4.79 Å². The van der Waals surface area contributed by atoms with Gasteiger partial charge in [0.2, 0.25) is 5.91 Å². The lowest BCUT2D eigenvalue weighted by Gasteiger charge is -2.65. The summed E-state index contributed by atoms with van der Waals surface area (Å²) >= 11 is 0. The van der Waals surface area contributed by atoms with Gasteiger partial charge in [-0.25, -0.2) is 9.59 Å². The van der Waals surface area contributed by atoms with Crippen LogP contribution >= 0.6 is 0 Å². The maximum Gasteiger partial charge on any atom is 0.407 e. The van der Waals surface area contributed by atoms with Crippen LogP contribution in [0.2, 0.25) is 0 Å². The first kappa shape index (κ1) is 47.9. The second kappa shape index (κ2) is 19.6. The number of methoxy groups -OCH3 is 1. The first-order valence-corrected chi connectivity index (χ1v) is 24.6. The van der Waals surface area contributed by atoms with Crippen molar-refractivity contribution in [2.75, 3.05) is 13.7 Å². The van der Waals surface area contributed by atoms with E-state index in [0.29, 0.717) is 19.3 Å². The van der Waals surface area contributed by atoms with E-state index in [1.54, 1.807) is 0 Å². The molecule has 0 heterocycles. The van der Waals surface area contributed by atoms with Gasteiger partial charge in [0.25, 0.3) is 0 Å². The Morgan fingerprint density at radius 1 is 0.851 bits per heavy atom. The first-order valence-electron chi connectivity index (χ1n) is 24.6. The van der Waals surface area contributed by atoms with Crippen molar-refractivity contribution < 1.29 is 33.4 Å². The van der Waals surface area contributed by atoms with E-state index in [1.165, 1.54) is 7.11 Å². The van der Waals surface area contributed by atoms with Crippen molar-refractivity contribution in [3.63, 3.8) is 0 Å². The average molecular weight is 915 g/mol. The van der Waals surface area contributed by atoms with Crippen LogP contribution in [0.5, 0.6) is 0 Å². The highest BCUT2D eigenvalue weighted by Crippen LogP contribution is 2.68. The highest BCUT2D eigenvalue weighted by molar-refractivity contribution is 5.86. The number of alkyl carbamates (subject to hydrolysis) is 2. The van der Waals surface area contributed by atoms with Gasteiger partial charge in [-0.05, 0) is 152 Å². The molecular weight excluding hydrogens is 845 g/mol. The summed E-state index contributed by atoms with van der Waals surface area (Å²) in [6, 6.07) is 24.6. The van der Waals surface area contributed by atoms with Gasteiger partial charge in [-0.3, -0.25) is 9.59 Å². The number of carbonyl (C=O) groups is 4. The zero-order chi connectivity index (χ0) is 47.7. The molecule has 0 radical (unpaired) electrons. The molecule has 3 amide bonds. The van der Waals surface area contributed by atoms with E-state index in [2.05, 4.69) is 71.0 Å². The number of benzene rings is 3. The molecule has 3 N–H and O–H groups in total. The van der Waals surface area contributed by atoms with E-state index < -0.39 is 29.2 Å².